The number of nitrogens with zero attached hydrogens (tertiary/aromatic N) is 3. The summed E-state index contributed by atoms with van der Waals surface area (Å²) in [5, 5.41) is 3.18. The molecule has 2 aromatic carbocycles. The van der Waals surface area contributed by atoms with Crippen LogP contribution in [-0.4, -0.2) is 25.8 Å². The number of nitrogens with one attached hydrogen (secondary N) is 2. The average molecular weight is 496 g/mol. The number of halogens is 1. The normalized spacial score (nSPS) is 11.0. The van der Waals surface area contributed by atoms with Crippen LogP contribution in [0.3, 0.4) is 0 Å². The van der Waals surface area contributed by atoms with Crippen LogP contribution in [0.5, 0.6) is 0 Å². The summed E-state index contributed by atoms with van der Waals surface area (Å²) in [6.45, 7) is 3.82. The van der Waals surface area contributed by atoms with Gasteiger partial charge in [-0.15, -0.1) is 0 Å². The number of fused-ring (bicyclic) bond motifs is 1. The van der Waals surface area contributed by atoms with Gasteiger partial charge in [0.2, 0.25) is 11.3 Å². The van der Waals surface area contributed by atoms with Crippen molar-refractivity contribution >= 4 is 34.4 Å². The van der Waals surface area contributed by atoms with Crippen LogP contribution in [0, 0.1) is 13.8 Å². The van der Waals surface area contributed by atoms with Crippen molar-refractivity contribution in [2.45, 2.75) is 20.3 Å². The lowest BCUT2D eigenvalue weighted by Gasteiger charge is -2.12. The van der Waals surface area contributed by atoms with E-state index in [4.69, 9.17) is 21.6 Å². The van der Waals surface area contributed by atoms with Crippen molar-refractivity contribution in [1.29, 1.82) is 0 Å². The number of H-pyrrole nitrogens is 1. The summed E-state index contributed by atoms with van der Waals surface area (Å²) >= 11 is 6.22. The van der Waals surface area contributed by atoms with Crippen LogP contribution in [0.2, 0.25) is 5.15 Å². The first-order valence-corrected chi connectivity index (χ1v) is 11.7. The number of rotatable bonds is 5. The fourth-order valence-electron chi connectivity index (χ4n) is 3.98. The number of aromatic amines is 1. The Morgan fingerprint density at radius 3 is 2.33 bits per heavy atom. The molecule has 0 saturated carbocycles. The fraction of sp³-hybridized carbons (Fsp3) is 0.107. The molecule has 5 aromatic rings. The SMILES string of the molecule is Cc1ccc(NC(=O)Cc2cc(=O)c3nc(-c4cc(C)nc(Cl)c4)c(-c4ccccc4)nc3[nH]2)cc1. The molecule has 0 saturated heterocycles. The summed E-state index contributed by atoms with van der Waals surface area (Å²) in [7, 11) is 0. The number of hydrogen-bond acceptors (Lipinski definition) is 5. The van der Waals surface area contributed by atoms with Gasteiger partial charge in [0.05, 0.1) is 17.8 Å². The molecule has 7 nitrogen and oxygen atoms in total. The van der Waals surface area contributed by atoms with Gasteiger partial charge in [-0.05, 0) is 38.1 Å². The van der Waals surface area contributed by atoms with E-state index in [0.717, 1.165) is 16.8 Å². The number of carbonyl (C=O) groups is 1. The van der Waals surface area contributed by atoms with Crippen LogP contribution < -0.4 is 10.7 Å². The molecule has 5 rings (SSSR count). The largest absolute Gasteiger partial charge is 0.341 e. The molecule has 0 aliphatic carbocycles. The van der Waals surface area contributed by atoms with Crippen LogP contribution >= 0.6 is 11.6 Å². The number of hydrogen-bond donors (Lipinski definition) is 2. The van der Waals surface area contributed by atoms with Crippen molar-refractivity contribution < 1.29 is 4.79 Å². The molecule has 3 heterocycles. The minimum atomic E-state index is -0.327. The Kier molecular flexibility index (Phi) is 6.31. The van der Waals surface area contributed by atoms with Gasteiger partial charge in [-0.3, -0.25) is 9.59 Å². The summed E-state index contributed by atoms with van der Waals surface area (Å²) < 4.78 is 0. The maximum Gasteiger partial charge on any atom is 0.230 e. The van der Waals surface area contributed by atoms with E-state index < -0.39 is 0 Å². The smallest absolute Gasteiger partial charge is 0.230 e. The topological polar surface area (TPSA) is 101 Å². The Balaban J connectivity index is 1.58. The number of aryl methyl sites for hydroxylation is 2. The predicted molar refractivity (Wildman–Crippen MR) is 142 cm³/mol. The molecular weight excluding hydrogens is 474 g/mol. The van der Waals surface area contributed by atoms with Crippen LogP contribution in [0.1, 0.15) is 17.0 Å². The van der Waals surface area contributed by atoms with E-state index in [-0.39, 0.29) is 23.3 Å². The zero-order valence-corrected chi connectivity index (χ0v) is 20.4. The summed E-state index contributed by atoms with van der Waals surface area (Å²) in [4.78, 5) is 42.5. The van der Waals surface area contributed by atoms with Crippen LogP contribution in [-0.2, 0) is 11.2 Å². The predicted octanol–water partition coefficient (Wildman–Crippen LogP) is 5.50. The molecule has 0 aliphatic rings. The number of carbonyl (C=O) groups excluding carboxylic acids is 1. The van der Waals surface area contributed by atoms with E-state index in [2.05, 4.69) is 15.3 Å². The number of benzene rings is 2. The molecule has 0 radical (unpaired) electrons. The van der Waals surface area contributed by atoms with E-state index in [1.54, 1.807) is 6.07 Å². The lowest BCUT2D eigenvalue weighted by Crippen LogP contribution is -2.17. The maximum atomic E-state index is 13.0. The minimum absolute atomic E-state index is 0.0116. The molecule has 0 bridgehead atoms. The Morgan fingerprint density at radius 2 is 1.61 bits per heavy atom. The van der Waals surface area contributed by atoms with Crippen LogP contribution in [0.4, 0.5) is 5.69 Å². The molecule has 178 valence electrons. The van der Waals surface area contributed by atoms with Crippen molar-refractivity contribution in [3.05, 3.63) is 105 Å². The minimum Gasteiger partial charge on any atom is -0.341 e. The second-order valence-corrected chi connectivity index (χ2v) is 8.94. The van der Waals surface area contributed by atoms with Crippen LogP contribution in [0.25, 0.3) is 33.7 Å². The molecule has 0 fully saturated rings. The van der Waals surface area contributed by atoms with Crippen molar-refractivity contribution in [1.82, 2.24) is 19.9 Å². The fourth-order valence-corrected chi connectivity index (χ4v) is 4.23. The standard InChI is InChI=1S/C28H22ClN5O2/c1-16-8-10-20(11-9-16)31-24(36)15-21-14-22(35)27-28(32-21)34-25(18-6-4-3-5-7-18)26(33-27)19-12-17(2)30-23(29)13-19/h3-14H,15H2,1-2H3,(H,31,36)(H,32,34,35). The highest BCUT2D eigenvalue weighted by molar-refractivity contribution is 6.29. The molecule has 0 spiro atoms. The van der Waals surface area contributed by atoms with Gasteiger partial charge in [0.25, 0.3) is 0 Å². The lowest BCUT2D eigenvalue weighted by molar-refractivity contribution is -0.115. The highest BCUT2D eigenvalue weighted by Gasteiger charge is 2.17. The maximum absolute atomic E-state index is 13.0. The second-order valence-electron chi connectivity index (χ2n) is 8.55. The number of pyridine rings is 2. The van der Waals surface area contributed by atoms with Gasteiger partial charge in [-0.25, -0.2) is 15.0 Å². The first-order chi connectivity index (χ1) is 17.4. The first kappa shape index (κ1) is 23.4. The van der Waals surface area contributed by atoms with Crippen LogP contribution in [0.15, 0.2) is 77.6 Å². The zero-order chi connectivity index (χ0) is 25.2. The third kappa shape index (κ3) is 5.01. The zero-order valence-electron chi connectivity index (χ0n) is 19.7. The van der Waals surface area contributed by atoms with Gasteiger partial charge >= 0.3 is 0 Å². The average Bonchev–Trinajstić information content (AvgIpc) is 2.85. The van der Waals surface area contributed by atoms with Gasteiger partial charge in [0, 0.05) is 34.3 Å². The Morgan fingerprint density at radius 1 is 0.889 bits per heavy atom. The van der Waals surface area contributed by atoms with E-state index in [0.29, 0.717) is 39.1 Å². The molecule has 1 amide bonds. The quantitative estimate of drug-likeness (QED) is 0.313. The monoisotopic (exact) mass is 495 g/mol. The first-order valence-electron chi connectivity index (χ1n) is 11.4. The highest BCUT2D eigenvalue weighted by Crippen LogP contribution is 2.31. The Hall–Kier alpha value is -4.36. The molecule has 2 N–H and O–H groups in total. The third-order valence-electron chi connectivity index (χ3n) is 5.64. The lowest BCUT2D eigenvalue weighted by atomic mass is 10.0. The van der Waals surface area contributed by atoms with Crippen molar-refractivity contribution in [3.63, 3.8) is 0 Å². The van der Waals surface area contributed by atoms with Gasteiger partial charge in [0.15, 0.2) is 11.2 Å². The number of anilines is 1. The molecule has 0 unspecified atom stereocenters. The summed E-state index contributed by atoms with van der Waals surface area (Å²) in [5.41, 5.74) is 5.77. The summed E-state index contributed by atoms with van der Waals surface area (Å²) in [6.07, 6.45) is -0.0116. The van der Waals surface area contributed by atoms with Gasteiger partial charge < -0.3 is 10.3 Å². The molecule has 0 aliphatic heterocycles. The van der Waals surface area contributed by atoms with Gasteiger partial charge in [-0.1, -0.05) is 59.6 Å². The third-order valence-corrected chi connectivity index (χ3v) is 5.84. The Labute approximate surface area is 212 Å². The summed E-state index contributed by atoms with van der Waals surface area (Å²) in [5.74, 6) is -0.247. The molecule has 0 atom stereocenters. The second kappa shape index (κ2) is 9.71. The van der Waals surface area contributed by atoms with Gasteiger partial charge in [-0.2, -0.15) is 0 Å². The molecular formula is C28H22ClN5O2. The summed E-state index contributed by atoms with van der Waals surface area (Å²) in [6, 6.07) is 22.0. The van der Waals surface area contributed by atoms with E-state index in [9.17, 15) is 9.59 Å². The van der Waals surface area contributed by atoms with Crippen molar-refractivity contribution in [2.75, 3.05) is 5.32 Å². The number of amides is 1. The van der Waals surface area contributed by atoms with Crippen molar-refractivity contribution in [3.8, 4) is 22.5 Å². The van der Waals surface area contributed by atoms with E-state index in [1.807, 2.05) is 74.5 Å². The van der Waals surface area contributed by atoms with E-state index >= 15 is 0 Å². The molecule has 3 aromatic heterocycles. The van der Waals surface area contributed by atoms with E-state index in [1.165, 1.54) is 6.07 Å². The van der Waals surface area contributed by atoms with Crippen molar-refractivity contribution in [2.24, 2.45) is 0 Å². The molecule has 8 heteroatoms. The molecule has 36 heavy (non-hydrogen) atoms. The highest BCUT2D eigenvalue weighted by atomic mass is 35.5. The number of aromatic nitrogens is 4. The Bertz CT molecular complexity index is 1630. The van der Waals surface area contributed by atoms with Gasteiger partial charge in [0.1, 0.15) is 5.15 Å².